The van der Waals surface area contributed by atoms with E-state index in [-0.39, 0.29) is 29.6 Å². The van der Waals surface area contributed by atoms with Gasteiger partial charge in [0.25, 0.3) is 5.56 Å². The smallest absolute Gasteiger partial charge is 0.342 e. The first kappa shape index (κ1) is 22.7. The van der Waals surface area contributed by atoms with Crippen LogP contribution >= 0.6 is 0 Å². The van der Waals surface area contributed by atoms with E-state index in [4.69, 9.17) is 19.9 Å². The Bertz CT molecular complexity index is 1080. The highest BCUT2D eigenvalue weighted by Gasteiger charge is 2.24. The Balaban J connectivity index is 2.31. The fourth-order valence-electron chi connectivity index (χ4n) is 2.84. The Morgan fingerprint density at radius 1 is 1.13 bits per heavy atom. The number of ketones is 1. The molecule has 0 amide bonds. The molecule has 0 unspecified atom stereocenters. The number of nitrogens with zero attached hydrogens (tertiary/aromatic N) is 2. The predicted molar refractivity (Wildman–Crippen MR) is 109 cm³/mol. The van der Waals surface area contributed by atoms with E-state index in [2.05, 4.69) is 0 Å². The number of aromatic nitrogens is 2. The van der Waals surface area contributed by atoms with Crippen LogP contribution in [-0.2, 0) is 18.3 Å². The fraction of sp³-hybridized carbons (Fsp3) is 0.400. The van der Waals surface area contributed by atoms with Crippen LogP contribution in [0.25, 0.3) is 0 Å². The number of hydrogen-bond donors (Lipinski definition) is 1. The van der Waals surface area contributed by atoms with Crippen molar-refractivity contribution in [2.24, 2.45) is 13.0 Å². The van der Waals surface area contributed by atoms with Gasteiger partial charge < -0.3 is 19.9 Å². The Morgan fingerprint density at radius 3 is 2.37 bits per heavy atom. The summed E-state index contributed by atoms with van der Waals surface area (Å²) in [5.41, 5.74) is 4.17. The minimum Gasteiger partial charge on any atom is -0.497 e. The van der Waals surface area contributed by atoms with Crippen molar-refractivity contribution in [3.63, 3.8) is 0 Å². The molecule has 0 saturated heterocycles. The third-order valence-electron chi connectivity index (χ3n) is 4.37. The van der Waals surface area contributed by atoms with Crippen LogP contribution in [0.2, 0.25) is 0 Å². The van der Waals surface area contributed by atoms with Crippen LogP contribution in [0.1, 0.15) is 34.6 Å². The van der Waals surface area contributed by atoms with Gasteiger partial charge in [-0.2, -0.15) is 0 Å². The first-order chi connectivity index (χ1) is 14.1. The second-order valence-corrected chi connectivity index (χ2v) is 6.98. The lowest BCUT2D eigenvalue weighted by Crippen LogP contribution is -2.43. The Labute approximate surface area is 172 Å². The SMILES string of the molecule is COc1ccc(C(=O)OCC(=O)c2c(N)n(CC(C)C)c(=O)n(C)c2=O)c(OC)c1. The molecule has 10 nitrogen and oxygen atoms in total. The zero-order valence-corrected chi connectivity index (χ0v) is 17.6. The summed E-state index contributed by atoms with van der Waals surface area (Å²) in [5, 5.41) is 0. The second kappa shape index (κ2) is 9.29. The number of nitrogens with two attached hydrogens (primary N) is 1. The summed E-state index contributed by atoms with van der Waals surface area (Å²) in [7, 11) is 4.10. The highest BCUT2D eigenvalue weighted by molar-refractivity contribution is 6.02. The van der Waals surface area contributed by atoms with Crippen LogP contribution in [0.5, 0.6) is 11.5 Å². The number of ether oxygens (including phenoxy) is 3. The lowest BCUT2D eigenvalue weighted by atomic mass is 10.1. The third kappa shape index (κ3) is 4.53. The van der Waals surface area contributed by atoms with Gasteiger partial charge in [0.05, 0.1) is 14.2 Å². The number of carbonyl (C=O) groups excluding carboxylic acids is 2. The predicted octanol–water partition coefficient (Wildman–Crippen LogP) is 0.842. The molecule has 2 aromatic rings. The Hall–Kier alpha value is -3.56. The van der Waals surface area contributed by atoms with Crippen molar-refractivity contribution < 1.29 is 23.8 Å². The number of benzene rings is 1. The number of hydrogen-bond acceptors (Lipinski definition) is 8. The number of rotatable bonds is 8. The average molecular weight is 419 g/mol. The normalized spacial score (nSPS) is 10.7. The molecule has 0 spiro atoms. The molecule has 0 atom stereocenters. The summed E-state index contributed by atoms with van der Waals surface area (Å²) in [5.74, 6) is -1.17. The minimum absolute atomic E-state index is 0.0471. The molecule has 0 saturated carbocycles. The summed E-state index contributed by atoms with van der Waals surface area (Å²) in [6, 6.07) is 4.46. The molecular weight excluding hydrogens is 394 g/mol. The highest BCUT2D eigenvalue weighted by atomic mass is 16.5. The largest absolute Gasteiger partial charge is 0.497 e. The first-order valence-electron chi connectivity index (χ1n) is 9.14. The molecule has 0 bridgehead atoms. The second-order valence-electron chi connectivity index (χ2n) is 6.98. The van der Waals surface area contributed by atoms with Crippen molar-refractivity contribution in [2.45, 2.75) is 20.4 Å². The molecule has 1 aromatic heterocycles. The van der Waals surface area contributed by atoms with Crippen LogP contribution in [0.3, 0.4) is 0 Å². The standard InChI is InChI=1S/C20H25N3O7/c1-11(2)9-23-17(21)16(18(25)22(3)20(23)27)14(24)10-30-19(26)13-7-6-12(28-4)8-15(13)29-5/h6-8,11H,9-10,21H2,1-5H3. The third-order valence-corrected chi connectivity index (χ3v) is 4.37. The average Bonchev–Trinajstić information content (AvgIpc) is 2.72. The van der Waals surface area contributed by atoms with Gasteiger partial charge in [0, 0.05) is 19.7 Å². The number of Topliss-reactive ketones (excluding diaryl/α,β-unsaturated/α-hetero) is 1. The van der Waals surface area contributed by atoms with Gasteiger partial charge in [-0.1, -0.05) is 13.8 Å². The maximum absolute atomic E-state index is 12.6. The summed E-state index contributed by atoms with van der Waals surface area (Å²) in [4.78, 5) is 49.8. The van der Waals surface area contributed by atoms with Crippen molar-refractivity contribution in [3.8, 4) is 11.5 Å². The summed E-state index contributed by atoms with van der Waals surface area (Å²) in [6.45, 7) is 3.22. The van der Waals surface area contributed by atoms with E-state index in [9.17, 15) is 19.2 Å². The summed E-state index contributed by atoms with van der Waals surface area (Å²) < 4.78 is 17.2. The van der Waals surface area contributed by atoms with Gasteiger partial charge >= 0.3 is 11.7 Å². The van der Waals surface area contributed by atoms with Crippen LogP contribution in [0, 0.1) is 5.92 Å². The van der Waals surface area contributed by atoms with Crippen LogP contribution < -0.4 is 26.5 Å². The number of nitrogen functional groups attached to an aromatic ring is 1. The number of methoxy groups -OCH3 is 2. The lowest BCUT2D eigenvalue weighted by molar-refractivity contribution is 0.0471. The van der Waals surface area contributed by atoms with Crippen LogP contribution in [-0.4, -0.2) is 41.7 Å². The zero-order chi connectivity index (χ0) is 22.6. The van der Waals surface area contributed by atoms with E-state index in [0.717, 1.165) is 9.13 Å². The molecular formula is C20H25N3O7. The van der Waals surface area contributed by atoms with Gasteiger partial charge in [0.2, 0.25) is 5.78 Å². The van der Waals surface area contributed by atoms with E-state index in [1.165, 1.54) is 39.5 Å². The minimum atomic E-state index is -0.847. The van der Waals surface area contributed by atoms with Gasteiger partial charge in [0.1, 0.15) is 28.4 Å². The molecule has 0 aliphatic heterocycles. The van der Waals surface area contributed by atoms with Crippen molar-refractivity contribution in [3.05, 3.63) is 50.2 Å². The molecule has 1 aromatic carbocycles. The van der Waals surface area contributed by atoms with Gasteiger partial charge in [-0.05, 0) is 18.1 Å². The number of carbonyl (C=O) groups is 2. The molecule has 0 radical (unpaired) electrons. The lowest BCUT2D eigenvalue weighted by Gasteiger charge is -2.16. The zero-order valence-electron chi connectivity index (χ0n) is 17.6. The van der Waals surface area contributed by atoms with Crippen LogP contribution in [0.15, 0.2) is 27.8 Å². The molecule has 30 heavy (non-hydrogen) atoms. The van der Waals surface area contributed by atoms with Crippen molar-refractivity contribution in [1.29, 1.82) is 0 Å². The van der Waals surface area contributed by atoms with Gasteiger partial charge in [-0.25, -0.2) is 9.59 Å². The van der Waals surface area contributed by atoms with E-state index in [1.807, 2.05) is 13.8 Å². The summed E-state index contributed by atoms with van der Waals surface area (Å²) in [6.07, 6.45) is 0. The molecule has 0 aliphatic carbocycles. The van der Waals surface area contributed by atoms with Crippen molar-refractivity contribution in [1.82, 2.24) is 9.13 Å². The topological polar surface area (TPSA) is 132 Å². The van der Waals surface area contributed by atoms with E-state index >= 15 is 0 Å². The van der Waals surface area contributed by atoms with E-state index in [1.54, 1.807) is 0 Å². The van der Waals surface area contributed by atoms with Gasteiger partial charge in [-0.15, -0.1) is 0 Å². The maximum atomic E-state index is 12.6. The first-order valence-corrected chi connectivity index (χ1v) is 9.14. The fourth-order valence-corrected chi connectivity index (χ4v) is 2.84. The quantitative estimate of drug-likeness (QED) is 0.492. The highest BCUT2D eigenvalue weighted by Crippen LogP contribution is 2.25. The van der Waals surface area contributed by atoms with E-state index < -0.39 is 35.2 Å². The monoisotopic (exact) mass is 419 g/mol. The maximum Gasteiger partial charge on any atom is 0.342 e. The molecule has 0 aliphatic rings. The van der Waals surface area contributed by atoms with Crippen molar-refractivity contribution >= 4 is 17.6 Å². The van der Waals surface area contributed by atoms with Crippen LogP contribution in [0.4, 0.5) is 5.82 Å². The Kier molecular flexibility index (Phi) is 7.04. The number of esters is 1. The molecule has 2 N–H and O–H groups in total. The summed E-state index contributed by atoms with van der Waals surface area (Å²) >= 11 is 0. The van der Waals surface area contributed by atoms with E-state index in [0.29, 0.717) is 5.75 Å². The Morgan fingerprint density at radius 2 is 1.80 bits per heavy atom. The molecule has 0 fully saturated rings. The molecule has 10 heteroatoms. The molecule has 2 rings (SSSR count). The molecule has 162 valence electrons. The van der Waals surface area contributed by atoms with Gasteiger partial charge in [-0.3, -0.25) is 18.7 Å². The number of anilines is 1. The van der Waals surface area contributed by atoms with Crippen molar-refractivity contribution in [2.75, 3.05) is 26.6 Å². The van der Waals surface area contributed by atoms with Gasteiger partial charge in [0.15, 0.2) is 6.61 Å². The molecule has 1 heterocycles.